The number of carbonyl (C=O) groups excluding carboxylic acids is 1. The summed E-state index contributed by atoms with van der Waals surface area (Å²) in [4.78, 5) is 11.3. The van der Waals surface area contributed by atoms with E-state index in [0.717, 1.165) is 6.07 Å². The Morgan fingerprint density at radius 2 is 1.95 bits per heavy atom. The minimum absolute atomic E-state index is 0.118. The van der Waals surface area contributed by atoms with Gasteiger partial charge in [-0.05, 0) is 36.4 Å². The SMILES string of the molecule is CC(NC(=O)CSC(F)(F)F)c1cc(F)c(Cl)cc1Cl. The first kappa shape index (κ1) is 17.4. The summed E-state index contributed by atoms with van der Waals surface area (Å²) in [5.74, 6) is -2.33. The van der Waals surface area contributed by atoms with E-state index in [4.69, 9.17) is 23.2 Å². The number of benzene rings is 1. The summed E-state index contributed by atoms with van der Waals surface area (Å²) < 4.78 is 49.1. The molecule has 0 saturated heterocycles. The lowest BCUT2D eigenvalue weighted by atomic mass is 10.1. The highest BCUT2D eigenvalue weighted by molar-refractivity contribution is 8.00. The fraction of sp³-hybridized carbons (Fsp3) is 0.364. The second-order valence-corrected chi connectivity index (χ2v) is 5.67. The highest BCUT2D eigenvalue weighted by Gasteiger charge is 2.29. The Hall–Kier alpha value is -0.660. The number of hydrogen-bond acceptors (Lipinski definition) is 2. The fourth-order valence-corrected chi connectivity index (χ4v) is 2.30. The van der Waals surface area contributed by atoms with Gasteiger partial charge in [0, 0.05) is 5.02 Å². The van der Waals surface area contributed by atoms with Crippen molar-refractivity contribution in [1.82, 2.24) is 5.32 Å². The van der Waals surface area contributed by atoms with Crippen LogP contribution in [0.2, 0.25) is 10.0 Å². The number of rotatable bonds is 4. The Labute approximate surface area is 126 Å². The highest BCUT2D eigenvalue weighted by atomic mass is 35.5. The summed E-state index contributed by atoms with van der Waals surface area (Å²) in [7, 11) is 0. The van der Waals surface area contributed by atoms with Gasteiger partial charge in [-0.25, -0.2) is 4.39 Å². The normalized spacial score (nSPS) is 13.2. The van der Waals surface area contributed by atoms with E-state index < -0.39 is 40.8 Å². The van der Waals surface area contributed by atoms with Crippen LogP contribution >= 0.6 is 35.0 Å². The van der Waals surface area contributed by atoms with Crippen LogP contribution < -0.4 is 5.32 Å². The van der Waals surface area contributed by atoms with Crippen LogP contribution in [0.15, 0.2) is 12.1 Å². The number of hydrogen-bond donors (Lipinski definition) is 1. The van der Waals surface area contributed by atoms with Gasteiger partial charge in [0.05, 0.1) is 16.8 Å². The third-order valence-corrected chi connectivity index (χ3v) is 3.60. The van der Waals surface area contributed by atoms with Gasteiger partial charge in [0.1, 0.15) is 5.82 Å². The lowest BCUT2D eigenvalue weighted by Gasteiger charge is -2.16. The minimum Gasteiger partial charge on any atom is -0.349 e. The quantitative estimate of drug-likeness (QED) is 0.637. The molecule has 0 radical (unpaired) electrons. The van der Waals surface area contributed by atoms with Crippen LogP contribution in [0.1, 0.15) is 18.5 Å². The van der Waals surface area contributed by atoms with Gasteiger partial charge in [-0.15, -0.1) is 0 Å². The molecule has 1 aromatic carbocycles. The maximum Gasteiger partial charge on any atom is 0.442 e. The van der Waals surface area contributed by atoms with E-state index in [2.05, 4.69) is 5.32 Å². The van der Waals surface area contributed by atoms with Crippen LogP contribution in [0.25, 0.3) is 0 Å². The lowest BCUT2D eigenvalue weighted by molar-refractivity contribution is -0.119. The van der Waals surface area contributed by atoms with E-state index in [1.807, 2.05) is 0 Å². The van der Waals surface area contributed by atoms with Crippen LogP contribution in [-0.4, -0.2) is 17.2 Å². The van der Waals surface area contributed by atoms with Crippen LogP contribution in [0.5, 0.6) is 0 Å². The second-order valence-electron chi connectivity index (χ2n) is 3.81. The molecule has 1 amide bonds. The Kier molecular flexibility index (Phi) is 5.97. The Balaban J connectivity index is 2.69. The van der Waals surface area contributed by atoms with Gasteiger partial charge in [0.2, 0.25) is 5.91 Å². The van der Waals surface area contributed by atoms with Crippen molar-refractivity contribution in [2.45, 2.75) is 18.5 Å². The topological polar surface area (TPSA) is 29.1 Å². The van der Waals surface area contributed by atoms with Crippen LogP contribution in [-0.2, 0) is 4.79 Å². The van der Waals surface area contributed by atoms with Gasteiger partial charge >= 0.3 is 5.51 Å². The molecule has 2 nitrogen and oxygen atoms in total. The van der Waals surface area contributed by atoms with Crippen molar-refractivity contribution in [2.24, 2.45) is 0 Å². The van der Waals surface area contributed by atoms with Gasteiger partial charge in [0.25, 0.3) is 0 Å². The minimum atomic E-state index is -4.48. The molecule has 9 heteroatoms. The number of nitrogens with one attached hydrogen (secondary N) is 1. The van der Waals surface area contributed by atoms with Gasteiger partial charge < -0.3 is 5.32 Å². The van der Waals surface area contributed by atoms with Gasteiger partial charge in [-0.2, -0.15) is 13.2 Å². The molecular formula is C11H9Cl2F4NOS. The molecule has 1 N–H and O–H groups in total. The summed E-state index contributed by atoms with van der Waals surface area (Å²) in [6.07, 6.45) is 0. The zero-order chi connectivity index (χ0) is 15.5. The van der Waals surface area contributed by atoms with Crippen LogP contribution in [0, 0.1) is 5.82 Å². The van der Waals surface area contributed by atoms with Crippen LogP contribution in [0.4, 0.5) is 17.6 Å². The summed E-state index contributed by atoms with van der Waals surface area (Å²) >= 11 is 10.9. The van der Waals surface area contributed by atoms with E-state index >= 15 is 0 Å². The van der Waals surface area contributed by atoms with Gasteiger partial charge in [0.15, 0.2) is 0 Å². The maximum absolute atomic E-state index is 13.3. The van der Waals surface area contributed by atoms with E-state index in [9.17, 15) is 22.4 Å². The number of halogens is 6. The molecule has 0 saturated carbocycles. The second kappa shape index (κ2) is 6.87. The molecular weight excluding hydrogens is 341 g/mol. The molecule has 1 aromatic rings. The molecule has 0 aromatic heterocycles. The molecule has 20 heavy (non-hydrogen) atoms. The largest absolute Gasteiger partial charge is 0.442 e. The number of carbonyl (C=O) groups is 1. The third kappa shape index (κ3) is 5.38. The predicted molar refractivity (Wildman–Crippen MR) is 71.5 cm³/mol. The van der Waals surface area contributed by atoms with Crippen LogP contribution in [0.3, 0.4) is 0 Å². The van der Waals surface area contributed by atoms with Crippen molar-refractivity contribution in [3.63, 3.8) is 0 Å². The first-order chi connectivity index (χ1) is 9.10. The Bertz CT molecular complexity index is 510. The smallest absolute Gasteiger partial charge is 0.349 e. The highest BCUT2D eigenvalue weighted by Crippen LogP contribution is 2.31. The standard InChI is InChI=1S/C11H9Cl2F4NOS/c1-5(18-10(19)4-20-11(15,16)17)6-2-9(14)8(13)3-7(6)12/h2-3,5H,4H2,1H3,(H,18,19). The molecule has 0 aliphatic heterocycles. The van der Waals surface area contributed by atoms with Crippen molar-refractivity contribution in [3.8, 4) is 0 Å². The monoisotopic (exact) mass is 349 g/mol. The van der Waals surface area contributed by atoms with Crippen molar-refractivity contribution in [2.75, 3.05) is 5.75 Å². The molecule has 1 rings (SSSR count). The summed E-state index contributed by atoms with van der Waals surface area (Å²) in [6, 6.07) is 1.46. The number of thioether (sulfide) groups is 1. The average molecular weight is 350 g/mol. The molecule has 0 heterocycles. The van der Waals surface area contributed by atoms with Gasteiger partial charge in [-0.1, -0.05) is 23.2 Å². The zero-order valence-corrected chi connectivity index (χ0v) is 12.4. The maximum atomic E-state index is 13.3. The Morgan fingerprint density at radius 1 is 1.35 bits per heavy atom. The lowest BCUT2D eigenvalue weighted by Crippen LogP contribution is -2.29. The average Bonchev–Trinajstić information content (AvgIpc) is 2.30. The van der Waals surface area contributed by atoms with E-state index in [0.29, 0.717) is 0 Å². The summed E-state index contributed by atoms with van der Waals surface area (Å²) in [5, 5.41) is 2.24. The molecule has 112 valence electrons. The summed E-state index contributed by atoms with van der Waals surface area (Å²) in [6.45, 7) is 1.48. The number of alkyl halides is 3. The molecule has 0 aliphatic carbocycles. The van der Waals surface area contributed by atoms with Crippen molar-refractivity contribution >= 4 is 40.9 Å². The number of amides is 1. The first-order valence-electron chi connectivity index (χ1n) is 5.24. The zero-order valence-electron chi connectivity index (χ0n) is 10.0. The Morgan fingerprint density at radius 3 is 2.50 bits per heavy atom. The molecule has 0 fully saturated rings. The van der Waals surface area contributed by atoms with Gasteiger partial charge in [-0.3, -0.25) is 4.79 Å². The van der Waals surface area contributed by atoms with Crippen molar-refractivity contribution < 1.29 is 22.4 Å². The molecule has 0 bridgehead atoms. The fourth-order valence-electron chi connectivity index (χ4n) is 1.38. The van der Waals surface area contributed by atoms with E-state index in [1.54, 1.807) is 0 Å². The molecule has 1 unspecified atom stereocenters. The first-order valence-corrected chi connectivity index (χ1v) is 6.99. The van der Waals surface area contributed by atoms with E-state index in [1.165, 1.54) is 13.0 Å². The predicted octanol–water partition coefficient (Wildman–Crippen LogP) is 4.56. The third-order valence-electron chi connectivity index (χ3n) is 2.25. The molecule has 0 aliphatic rings. The van der Waals surface area contributed by atoms with Crippen molar-refractivity contribution in [3.05, 3.63) is 33.6 Å². The molecule has 0 spiro atoms. The molecule has 1 atom stereocenters. The summed E-state index contributed by atoms with van der Waals surface area (Å²) in [5.41, 5.74) is -4.25. The van der Waals surface area contributed by atoms with Crippen molar-refractivity contribution in [1.29, 1.82) is 0 Å². The van der Waals surface area contributed by atoms with E-state index in [-0.39, 0.29) is 15.6 Å².